The Labute approximate surface area is 732 Å². The van der Waals surface area contributed by atoms with E-state index < -0.39 is 284 Å². The molecule has 15 rings (SSSR count). The van der Waals surface area contributed by atoms with Crippen LogP contribution >= 0.6 is 34.8 Å². The standard InChI is InChI=1S/C84H94Cl3N11O28/c1-32(2)18-47(90-5)75(111)97-63-65(104)37-10-16-51(44(86)20-37)120-53-22-39-23-54(72(53)125-83-70(109)68(107)73(56(31-99)123-83)126-82-69(108)67(106)66(105)55(122-82)30-91-28-34-6-14-46(92-29-34)35-7-12-40(85)13-8-35)121-52-17-11-38(21-45(52)87)71(124-58-27-84(4,89)74(110)33(3)119-58)64-80(116)96-62(81(117)118)43-24-41(100)25-50(102)59(43)42-19-36(9-15-49(42)101)60(77(113)98-64)95-78(114)61(39)94-76(112)48(26-57(88)103)93-79(63)115/h6-17,19-25,29,32-33,47-48,55-56,58,60-71,73-74,82-83,90-91,99-102,104-110H,18,26-28,30-31,89H2,1-5H3,(H2,88,103)(H,93,115)(H,94,112)(H,95,114)(H,96,116)(H,97,111)(H,98,113)(H,117,118)/t33-,47+,48+,55+,56+,58?,60+,61+,62+,63?,64-,65+,66-,67-,68+,69+,70+,71+,73+,74-,82-,83-,84-/m0/s1. The molecule has 126 heavy (non-hydrogen) atoms. The number of carbonyl (C=O) groups is 8. The average molecular weight is 1810 g/mol. The number of halogens is 3. The first kappa shape index (κ1) is 92.9. The van der Waals surface area contributed by atoms with Crippen LogP contribution in [0, 0.1) is 5.92 Å². The van der Waals surface area contributed by atoms with Crippen molar-refractivity contribution in [2.24, 2.45) is 17.4 Å². The lowest BCUT2D eigenvalue weighted by molar-refractivity contribution is -0.350. The third-order valence-electron chi connectivity index (χ3n) is 22.3. The number of aromatic hydroxyl groups is 3. The molecule has 9 heterocycles. The number of carboxylic acids is 1. The van der Waals surface area contributed by atoms with Gasteiger partial charge in [0.2, 0.25) is 53.4 Å². The Bertz CT molecular complexity index is 5260. The van der Waals surface area contributed by atoms with Crippen LogP contribution in [-0.4, -0.2) is 243 Å². The van der Waals surface area contributed by atoms with Gasteiger partial charge in [-0.3, -0.25) is 38.5 Å². The number of nitrogens with one attached hydrogen (secondary N) is 8. The van der Waals surface area contributed by atoms with Crippen molar-refractivity contribution in [1.29, 1.82) is 0 Å². The van der Waals surface area contributed by atoms with E-state index in [9.17, 15) is 75.7 Å². The van der Waals surface area contributed by atoms with Crippen molar-refractivity contribution in [2.45, 2.75) is 193 Å². The van der Waals surface area contributed by atoms with E-state index in [0.717, 1.165) is 72.3 Å². The molecule has 6 aromatic carbocycles. The Kier molecular flexibility index (Phi) is 28.6. The van der Waals surface area contributed by atoms with E-state index in [0.29, 0.717) is 16.3 Å². The number of pyridine rings is 1. The topological polar surface area (TPSA) is 614 Å². The quantitative estimate of drug-likeness (QED) is 0.0513. The smallest absolute Gasteiger partial charge is 0.330 e. The Balaban J connectivity index is 0.962. The lowest BCUT2D eigenvalue weighted by atomic mass is 9.86. The molecule has 8 aliphatic heterocycles. The zero-order chi connectivity index (χ0) is 90.9. The van der Waals surface area contributed by atoms with Crippen molar-refractivity contribution < 1.29 is 138 Å². The second-order valence-corrected chi connectivity index (χ2v) is 33.3. The highest BCUT2D eigenvalue weighted by Gasteiger charge is 2.53. The molecule has 23 atom stereocenters. The van der Waals surface area contributed by atoms with Gasteiger partial charge in [-0.05, 0) is 134 Å². The third kappa shape index (κ3) is 20.3. The zero-order valence-corrected chi connectivity index (χ0v) is 70.0. The number of primary amides is 1. The number of hydrogen-bond donors (Lipinski definition) is 22. The Morgan fingerprint density at radius 2 is 1.29 bits per heavy atom. The maximum Gasteiger partial charge on any atom is 0.330 e. The minimum absolute atomic E-state index is 0.131. The molecular weight excluding hydrogens is 1720 g/mol. The van der Waals surface area contributed by atoms with E-state index in [1.165, 1.54) is 33.0 Å². The number of aromatic nitrogens is 1. The summed E-state index contributed by atoms with van der Waals surface area (Å²) >= 11 is 20.6. The summed E-state index contributed by atoms with van der Waals surface area (Å²) in [6.07, 6.45) is -27.6. The van der Waals surface area contributed by atoms with Crippen LogP contribution in [-0.2, 0) is 68.6 Å². The van der Waals surface area contributed by atoms with Crippen molar-refractivity contribution >= 4 is 82.1 Å². The van der Waals surface area contributed by atoms with Crippen molar-refractivity contribution in [3.63, 3.8) is 0 Å². The van der Waals surface area contributed by atoms with Gasteiger partial charge in [0.15, 0.2) is 30.1 Å². The number of nitrogens with two attached hydrogens (primary N) is 2. The van der Waals surface area contributed by atoms with Gasteiger partial charge in [0, 0.05) is 64.6 Å². The Morgan fingerprint density at radius 1 is 0.659 bits per heavy atom. The fourth-order valence-electron chi connectivity index (χ4n) is 15.7. The summed E-state index contributed by atoms with van der Waals surface area (Å²) in [6, 6.07) is 9.56. The number of likely N-dealkylation sites (N-methyl/N-ethyl adjacent to an activating group) is 1. The number of carbonyl (C=O) groups excluding carboxylic acids is 7. The molecule has 42 heteroatoms. The number of carboxylic acid groups (broad SMARTS) is 1. The SMILES string of the molecule is CN[C@H](CC(C)C)C(=O)NC1C(=O)N[C@H](CC(N)=O)C(=O)N[C@H]2C(=O)N[C@H]3C(=O)N[C@H](C(=O)N[C@@H](C(=O)O)c4cc(O)cc(O)c4-c4cc3ccc4O)[C@H](OC3C[C@](C)(N)[C@@H](O)[C@H](C)O3)c3ccc(c(Cl)c3)Oc3cc2cc(c3O[C@@H]2O[C@H](CO)[C@@H](O[C@@H]3O[C@H](CNCc4ccc(-c5ccc(Cl)cc5)nc4)[C@H](O)[C@H](O)[C@H]3O)[C@H](O)[C@H]2O)Oc2ccc(cc2Cl)[C@H]1O. The number of phenols is 3. The molecule has 0 spiro atoms. The van der Waals surface area contributed by atoms with Crippen LogP contribution in [0.5, 0.6) is 46.0 Å². The van der Waals surface area contributed by atoms with Crippen LogP contribution in [0.15, 0.2) is 121 Å². The van der Waals surface area contributed by atoms with E-state index in [-0.39, 0.29) is 43.0 Å². The molecule has 3 fully saturated rings. The molecule has 39 nitrogen and oxygen atoms in total. The maximum atomic E-state index is 16.4. The van der Waals surface area contributed by atoms with Crippen molar-refractivity contribution in [3.05, 3.63) is 170 Å². The normalized spacial score (nSPS) is 29.6. The van der Waals surface area contributed by atoms with Gasteiger partial charge in [0.25, 0.3) is 0 Å². The first-order valence-corrected chi connectivity index (χ1v) is 41.0. The van der Waals surface area contributed by atoms with E-state index in [1.807, 2.05) is 0 Å². The van der Waals surface area contributed by atoms with Crippen LogP contribution < -0.4 is 68.2 Å². The molecule has 11 bridgehead atoms. The molecular formula is C84H94Cl3N11O28. The summed E-state index contributed by atoms with van der Waals surface area (Å²) < 4.78 is 51.2. The molecule has 8 aliphatic rings. The first-order valence-electron chi connectivity index (χ1n) is 39.8. The predicted octanol–water partition coefficient (Wildman–Crippen LogP) is 1.44. The fourth-order valence-corrected chi connectivity index (χ4v) is 16.3. The highest BCUT2D eigenvalue weighted by Crippen LogP contribution is 2.50. The number of nitrogens with zero attached hydrogens (tertiary/aromatic N) is 1. The van der Waals surface area contributed by atoms with Crippen LogP contribution in [0.3, 0.4) is 0 Å². The number of benzene rings is 6. The van der Waals surface area contributed by atoms with Gasteiger partial charge in [-0.2, -0.15) is 0 Å². The minimum atomic E-state index is -2.43. The minimum Gasteiger partial charge on any atom is -0.508 e. The van der Waals surface area contributed by atoms with Gasteiger partial charge >= 0.3 is 5.97 Å². The highest BCUT2D eigenvalue weighted by molar-refractivity contribution is 6.32. The first-order chi connectivity index (χ1) is 59.8. The Hall–Kier alpha value is -10.7. The number of ether oxygens (including phenoxy) is 8. The van der Waals surface area contributed by atoms with Gasteiger partial charge in [0.1, 0.15) is 120 Å². The lowest BCUT2D eigenvalue weighted by Crippen LogP contribution is -2.65. The number of rotatable bonds is 20. The van der Waals surface area contributed by atoms with Gasteiger partial charge in [-0.1, -0.05) is 85.0 Å². The molecule has 7 aromatic rings. The molecule has 674 valence electrons. The summed E-state index contributed by atoms with van der Waals surface area (Å²) in [5, 5.41) is 160. The predicted molar refractivity (Wildman–Crippen MR) is 441 cm³/mol. The maximum absolute atomic E-state index is 16.4. The van der Waals surface area contributed by atoms with E-state index in [1.54, 1.807) is 56.4 Å². The number of aliphatic hydroxyl groups excluding tert-OH is 8. The van der Waals surface area contributed by atoms with E-state index in [4.69, 9.17) is 84.2 Å². The monoisotopic (exact) mass is 1810 g/mol. The summed E-state index contributed by atoms with van der Waals surface area (Å²) in [4.78, 5) is 125. The third-order valence-corrected chi connectivity index (χ3v) is 23.2. The number of hydrogen-bond acceptors (Lipinski definition) is 31. The summed E-state index contributed by atoms with van der Waals surface area (Å²) in [5.41, 5.74) is 10.1. The number of phenolic OH excluding ortho intramolecular Hbond substituents is 3. The van der Waals surface area contributed by atoms with Gasteiger partial charge in [-0.25, -0.2) is 4.79 Å². The number of aliphatic carboxylic acids is 1. The summed E-state index contributed by atoms with van der Waals surface area (Å²) in [5.74, 6) is -16.7. The summed E-state index contributed by atoms with van der Waals surface area (Å²) in [7, 11) is 1.46. The van der Waals surface area contributed by atoms with Gasteiger partial charge in [-0.15, -0.1) is 0 Å². The largest absolute Gasteiger partial charge is 0.508 e. The molecule has 0 radical (unpaired) electrons. The number of amides is 7. The molecule has 24 N–H and O–H groups in total. The molecule has 3 saturated heterocycles. The van der Waals surface area contributed by atoms with Crippen molar-refractivity contribution in [2.75, 3.05) is 20.2 Å². The molecule has 0 saturated carbocycles. The summed E-state index contributed by atoms with van der Waals surface area (Å²) in [6.45, 7) is 5.36. The second-order valence-electron chi connectivity index (χ2n) is 32.0. The molecule has 0 aliphatic carbocycles. The van der Waals surface area contributed by atoms with Gasteiger partial charge in [0.05, 0.1) is 47.0 Å². The van der Waals surface area contributed by atoms with Crippen LogP contribution in [0.2, 0.25) is 15.1 Å². The molecule has 7 amide bonds. The van der Waals surface area contributed by atoms with E-state index in [2.05, 4.69) is 47.5 Å². The lowest BCUT2D eigenvalue weighted by Gasteiger charge is -2.46. The van der Waals surface area contributed by atoms with Crippen LogP contribution in [0.4, 0.5) is 0 Å². The Morgan fingerprint density at radius 3 is 1.92 bits per heavy atom. The van der Waals surface area contributed by atoms with Crippen molar-refractivity contribution in [3.8, 4) is 68.4 Å². The van der Waals surface area contributed by atoms with E-state index >= 15 is 24.0 Å². The van der Waals surface area contributed by atoms with Crippen molar-refractivity contribution in [1.82, 2.24) is 47.5 Å². The second kappa shape index (κ2) is 38.8. The molecule has 1 aromatic heterocycles. The molecule has 2 unspecified atom stereocenters. The highest BCUT2D eigenvalue weighted by atomic mass is 35.5. The van der Waals surface area contributed by atoms with Gasteiger partial charge < -0.3 is 153 Å². The number of aliphatic hydroxyl groups is 8. The zero-order valence-electron chi connectivity index (χ0n) is 67.7. The number of fused-ring (bicyclic) bond motifs is 15. The van der Waals surface area contributed by atoms with Crippen LogP contribution in [0.1, 0.15) is 111 Å². The van der Waals surface area contributed by atoms with Crippen LogP contribution in [0.25, 0.3) is 22.4 Å². The fraction of sp³-hybridized carbons (Fsp3) is 0.417. The average Bonchev–Trinajstić information content (AvgIpc) is 0.761.